The fourth-order valence-electron chi connectivity index (χ4n) is 5.00. The summed E-state index contributed by atoms with van der Waals surface area (Å²) in [4.78, 5) is 6.17. The van der Waals surface area contributed by atoms with Gasteiger partial charge in [0.2, 0.25) is 0 Å². The maximum absolute atomic E-state index is 12.8. The molecule has 5 heterocycles. The van der Waals surface area contributed by atoms with Gasteiger partial charge in [-0.1, -0.05) is 17.7 Å². The third kappa shape index (κ3) is 3.33. The molecule has 6 rings (SSSR count). The second-order valence-corrected chi connectivity index (χ2v) is 8.39. The maximum atomic E-state index is 12.8. The molecule has 6 heteroatoms. The Hall–Kier alpha value is -2.34. The summed E-state index contributed by atoms with van der Waals surface area (Å²) in [6.07, 6.45) is 0.0211. The number of benzene rings is 1. The Labute approximate surface area is 168 Å². The molecule has 0 atom stereocenters. The Morgan fingerprint density at radius 3 is 2.59 bits per heavy atom. The van der Waals surface area contributed by atoms with Crippen LogP contribution in [-0.2, 0) is 25.7 Å². The zero-order chi connectivity index (χ0) is 20.2. The van der Waals surface area contributed by atoms with Crippen molar-refractivity contribution in [1.82, 2.24) is 14.5 Å². The first-order chi connectivity index (χ1) is 13.9. The Morgan fingerprint density at radius 2 is 1.90 bits per heavy atom. The predicted molar refractivity (Wildman–Crippen MR) is 107 cm³/mol. The van der Waals surface area contributed by atoms with Crippen LogP contribution in [0.15, 0.2) is 36.5 Å². The lowest BCUT2D eigenvalue weighted by Crippen LogP contribution is -2.29. The van der Waals surface area contributed by atoms with Crippen molar-refractivity contribution in [1.29, 1.82) is 0 Å². The van der Waals surface area contributed by atoms with E-state index in [2.05, 4.69) is 39.6 Å². The topological polar surface area (TPSA) is 21.1 Å². The number of aromatic nitrogens is 2. The van der Waals surface area contributed by atoms with Crippen LogP contribution in [0.1, 0.15) is 46.8 Å². The number of halogens is 3. The summed E-state index contributed by atoms with van der Waals surface area (Å²) in [6, 6.07) is 9.28. The van der Waals surface area contributed by atoms with Crippen molar-refractivity contribution in [2.24, 2.45) is 0 Å². The second kappa shape index (κ2) is 6.87. The van der Waals surface area contributed by atoms with E-state index in [1.165, 1.54) is 46.8 Å². The zero-order valence-electron chi connectivity index (χ0n) is 16.5. The summed E-state index contributed by atoms with van der Waals surface area (Å²) in [5.74, 6) is 0.571. The van der Waals surface area contributed by atoms with Gasteiger partial charge in [-0.25, -0.2) is 0 Å². The molecular weight excluding hydrogens is 375 g/mol. The largest absolute Gasteiger partial charge is 0.433 e. The average molecular weight is 399 g/mol. The minimum atomic E-state index is -4.39. The minimum absolute atomic E-state index is 0.571. The average Bonchev–Trinajstić information content (AvgIpc) is 2.83. The van der Waals surface area contributed by atoms with Gasteiger partial charge >= 0.3 is 6.18 Å². The summed E-state index contributed by atoms with van der Waals surface area (Å²) in [7, 11) is 0. The lowest BCUT2D eigenvalue weighted by atomic mass is 9.94. The van der Waals surface area contributed by atoms with Gasteiger partial charge in [-0.15, -0.1) is 0 Å². The van der Waals surface area contributed by atoms with Gasteiger partial charge in [-0.2, -0.15) is 13.2 Å². The SMILES string of the molecule is Cc1ccc2c(c1)c1c(n2CCc2ccc(C(F)(F)F)nc2)C2CCN(CC2)C1. The molecule has 2 aromatic heterocycles. The molecule has 0 N–H and O–H groups in total. The molecular formula is C23H24F3N3. The molecule has 0 saturated carbocycles. The van der Waals surface area contributed by atoms with Gasteiger partial charge in [0.15, 0.2) is 0 Å². The van der Waals surface area contributed by atoms with Crippen LogP contribution in [-0.4, -0.2) is 27.5 Å². The monoisotopic (exact) mass is 399 g/mol. The number of piperidine rings is 1. The van der Waals surface area contributed by atoms with Crippen molar-refractivity contribution in [2.45, 2.75) is 51.4 Å². The summed E-state index contributed by atoms with van der Waals surface area (Å²) in [5.41, 5.74) is 5.41. The highest BCUT2D eigenvalue weighted by atomic mass is 19.4. The molecule has 1 fully saturated rings. The van der Waals surface area contributed by atoms with E-state index in [0.29, 0.717) is 12.3 Å². The lowest BCUT2D eigenvalue weighted by molar-refractivity contribution is -0.141. The van der Waals surface area contributed by atoms with Gasteiger partial charge in [0.05, 0.1) is 0 Å². The molecule has 1 aromatic carbocycles. The predicted octanol–water partition coefficient (Wildman–Crippen LogP) is 5.30. The Bertz CT molecular complexity index is 1040. The molecule has 3 aliphatic heterocycles. The highest BCUT2D eigenvalue weighted by Crippen LogP contribution is 2.41. The fourth-order valence-corrected chi connectivity index (χ4v) is 5.00. The molecule has 3 aromatic rings. The van der Waals surface area contributed by atoms with Crippen molar-refractivity contribution in [3.63, 3.8) is 0 Å². The van der Waals surface area contributed by atoms with Crippen LogP contribution in [0.3, 0.4) is 0 Å². The third-order valence-electron chi connectivity index (χ3n) is 6.46. The van der Waals surface area contributed by atoms with Crippen LogP contribution in [0, 0.1) is 6.92 Å². The van der Waals surface area contributed by atoms with Gasteiger partial charge in [-0.3, -0.25) is 9.88 Å². The highest BCUT2D eigenvalue weighted by molar-refractivity contribution is 5.86. The van der Waals surface area contributed by atoms with Crippen LogP contribution in [0.4, 0.5) is 13.2 Å². The number of aryl methyl sites for hydroxylation is 3. The molecule has 0 unspecified atom stereocenters. The summed E-state index contributed by atoms with van der Waals surface area (Å²) >= 11 is 0. The molecule has 0 spiro atoms. The van der Waals surface area contributed by atoms with Crippen molar-refractivity contribution >= 4 is 10.9 Å². The number of pyridine rings is 1. The molecule has 3 aliphatic rings. The molecule has 29 heavy (non-hydrogen) atoms. The lowest BCUT2D eigenvalue weighted by Gasteiger charge is -2.27. The van der Waals surface area contributed by atoms with E-state index in [1.54, 1.807) is 6.07 Å². The first-order valence-electron chi connectivity index (χ1n) is 10.3. The molecule has 2 bridgehead atoms. The Kier molecular flexibility index (Phi) is 4.42. The third-order valence-corrected chi connectivity index (χ3v) is 6.46. The summed E-state index contributed by atoms with van der Waals surface area (Å²) in [6.45, 7) is 6.19. The molecule has 0 radical (unpaired) electrons. The van der Waals surface area contributed by atoms with Gasteiger partial charge in [0.1, 0.15) is 5.69 Å². The standard InChI is InChI=1S/C23H24F3N3/c1-15-2-4-20-18(12-15)19-14-28-9-7-17(8-10-28)22(19)29(20)11-6-16-3-5-21(27-13-16)23(24,25)26/h2-5,12-13,17H,6-11,14H2,1H3. The smallest absolute Gasteiger partial charge is 0.344 e. The van der Waals surface area contributed by atoms with Gasteiger partial charge in [-0.05, 0) is 68.6 Å². The molecule has 152 valence electrons. The van der Waals surface area contributed by atoms with E-state index >= 15 is 0 Å². The first-order valence-corrected chi connectivity index (χ1v) is 10.3. The normalized spacial score (nSPS) is 21.4. The van der Waals surface area contributed by atoms with Gasteiger partial charge in [0, 0.05) is 41.8 Å². The number of hydrogen-bond donors (Lipinski definition) is 0. The van der Waals surface area contributed by atoms with Crippen molar-refractivity contribution in [2.75, 3.05) is 13.1 Å². The van der Waals surface area contributed by atoms with Crippen molar-refractivity contribution in [3.05, 3.63) is 64.6 Å². The Morgan fingerprint density at radius 1 is 1.10 bits per heavy atom. The quantitative estimate of drug-likeness (QED) is 0.596. The van der Waals surface area contributed by atoms with E-state index in [1.807, 2.05) is 0 Å². The molecule has 0 amide bonds. The van der Waals surface area contributed by atoms with E-state index in [-0.39, 0.29) is 0 Å². The second-order valence-electron chi connectivity index (χ2n) is 8.39. The van der Waals surface area contributed by atoms with Crippen LogP contribution in [0.5, 0.6) is 0 Å². The van der Waals surface area contributed by atoms with Crippen LogP contribution in [0.2, 0.25) is 0 Å². The number of hydrogen-bond acceptors (Lipinski definition) is 2. The van der Waals surface area contributed by atoms with Crippen LogP contribution in [0.25, 0.3) is 10.9 Å². The number of nitrogens with zero attached hydrogens (tertiary/aromatic N) is 3. The maximum Gasteiger partial charge on any atom is 0.433 e. The Balaban J connectivity index is 1.51. The number of rotatable bonds is 3. The molecule has 0 aliphatic carbocycles. The number of fused-ring (bicyclic) bond motifs is 3. The van der Waals surface area contributed by atoms with Crippen LogP contribution >= 0.6 is 0 Å². The van der Waals surface area contributed by atoms with Crippen LogP contribution < -0.4 is 0 Å². The van der Waals surface area contributed by atoms with Crippen molar-refractivity contribution < 1.29 is 13.2 Å². The first kappa shape index (κ1) is 18.7. The van der Waals surface area contributed by atoms with Crippen molar-refractivity contribution in [3.8, 4) is 0 Å². The minimum Gasteiger partial charge on any atom is -0.344 e. The zero-order valence-corrected chi connectivity index (χ0v) is 16.5. The molecule has 1 saturated heterocycles. The van der Waals surface area contributed by atoms with E-state index < -0.39 is 11.9 Å². The van der Waals surface area contributed by atoms with Gasteiger partial charge in [0.25, 0.3) is 0 Å². The summed E-state index contributed by atoms with van der Waals surface area (Å²) < 4.78 is 40.8. The number of alkyl halides is 3. The highest BCUT2D eigenvalue weighted by Gasteiger charge is 2.33. The van der Waals surface area contributed by atoms with Gasteiger partial charge < -0.3 is 4.57 Å². The molecule has 3 nitrogen and oxygen atoms in total. The van der Waals surface area contributed by atoms with E-state index in [9.17, 15) is 13.2 Å². The fraction of sp³-hybridized carbons (Fsp3) is 0.435. The van der Waals surface area contributed by atoms with E-state index in [4.69, 9.17) is 0 Å². The summed E-state index contributed by atoms with van der Waals surface area (Å²) in [5, 5.41) is 1.34. The van der Waals surface area contributed by atoms with E-state index in [0.717, 1.165) is 37.8 Å².